The van der Waals surface area contributed by atoms with E-state index in [9.17, 15) is 4.39 Å². The Morgan fingerprint density at radius 1 is 1.14 bits per heavy atom. The third kappa shape index (κ3) is 2.98. The normalized spacial score (nSPS) is 12.5. The molecule has 5 rings (SSSR count). The van der Waals surface area contributed by atoms with Gasteiger partial charge in [0.2, 0.25) is 0 Å². The number of halogens is 1. The van der Waals surface area contributed by atoms with Crippen LogP contribution in [-0.2, 0) is 0 Å². The lowest BCUT2D eigenvalue weighted by Gasteiger charge is -2.15. The molecule has 1 aromatic carbocycles. The van der Waals surface area contributed by atoms with Crippen LogP contribution in [0.1, 0.15) is 24.2 Å². The first kappa shape index (κ1) is 17.3. The quantitative estimate of drug-likeness (QED) is 0.481. The van der Waals surface area contributed by atoms with E-state index in [4.69, 9.17) is 4.98 Å². The average molecular weight is 387 g/mol. The molecular formula is C21H18FN7. The summed E-state index contributed by atoms with van der Waals surface area (Å²) in [6.07, 6.45) is 5.03. The number of H-pyrrole nitrogens is 1. The van der Waals surface area contributed by atoms with E-state index in [0.717, 1.165) is 28.2 Å². The van der Waals surface area contributed by atoms with Crippen molar-refractivity contribution in [2.75, 3.05) is 5.32 Å². The van der Waals surface area contributed by atoms with Gasteiger partial charge >= 0.3 is 0 Å². The van der Waals surface area contributed by atoms with E-state index < -0.39 is 0 Å². The minimum Gasteiger partial charge on any atom is -0.360 e. The monoisotopic (exact) mass is 387 g/mol. The molecule has 29 heavy (non-hydrogen) atoms. The van der Waals surface area contributed by atoms with Crippen LogP contribution in [0.25, 0.3) is 28.1 Å². The van der Waals surface area contributed by atoms with Gasteiger partial charge in [-0.25, -0.2) is 24.3 Å². The molecule has 0 amide bonds. The zero-order valence-electron chi connectivity index (χ0n) is 15.9. The summed E-state index contributed by atoms with van der Waals surface area (Å²) in [7, 11) is 0. The predicted octanol–water partition coefficient (Wildman–Crippen LogP) is 4.29. The maximum atomic E-state index is 14.0. The first-order chi connectivity index (χ1) is 14.1. The molecule has 7 nitrogen and oxygen atoms in total. The van der Waals surface area contributed by atoms with Crippen LogP contribution in [0.5, 0.6) is 0 Å². The molecule has 0 saturated heterocycles. The van der Waals surface area contributed by atoms with Gasteiger partial charge in [-0.3, -0.25) is 4.40 Å². The number of rotatable bonds is 4. The van der Waals surface area contributed by atoms with E-state index in [1.807, 2.05) is 42.6 Å². The second-order valence-corrected chi connectivity index (χ2v) is 6.98. The second kappa shape index (κ2) is 6.66. The first-order valence-corrected chi connectivity index (χ1v) is 9.25. The van der Waals surface area contributed by atoms with Gasteiger partial charge in [0.25, 0.3) is 0 Å². The van der Waals surface area contributed by atoms with Gasteiger partial charge in [0.15, 0.2) is 11.5 Å². The molecule has 4 heterocycles. The summed E-state index contributed by atoms with van der Waals surface area (Å²) in [6, 6.07) is 10.4. The van der Waals surface area contributed by atoms with E-state index in [1.165, 1.54) is 18.5 Å². The molecule has 0 bridgehead atoms. The standard InChI is InChI=1S/C21H18FN7/c1-12-6-7-29-16(8-12)28-17(19(29)14-4-3-5-15(22)9-14)13(2)27-21-18-20(24-10-23-18)25-11-26-21/h3-11,13H,1-2H3,(H2,23,24,25,26,27). The van der Waals surface area contributed by atoms with Crippen LogP contribution in [0.2, 0.25) is 0 Å². The van der Waals surface area contributed by atoms with Crippen LogP contribution >= 0.6 is 0 Å². The number of aromatic amines is 1. The van der Waals surface area contributed by atoms with E-state index in [-0.39, 0.29) is 11.9 Å². The number of aryl methyl sites for hydroxylation is 1. The highest BCUT2D eigenvalue weighted by molar-refractivity contribution is 5.82. The predicted molar refractivity (Wildman–Crippen MR) is 109 cm³/mol. The molecule has 0 spiro atoms. The van der Waals surface area contributed by atoms with Crippen molar-refractivity contribution in [2.45, 2.75) is 19.9 Å². The van der Waals surface area contributed by atoms with E-state index in [2.05, 4.69) is 25.3 Å². The number of nitrogens with one attached hydrogen (secondary N) is 2. The Morgan fingerprint density at radius 3 is 2.90 bits per heavy atom. The van der Waals surface area contributed by atoms with Crippen molar-refractivity contribution in [3.63, 3.8) is 0 Å². The Hall–Kier alpha value is -3.81. The van der Waals surface area contributed by atoms with Gasteiger partial charge in [0.05, 0.1) is 23.8 Å². The number of fused-ring (bicyclic) bond motifs is 2. The summed E-state index contributed by atoms with van der Waals surface area (Å²) in [5.74, 6) is 0.326. The molecule has 5 aromatic rings. The molecule has 1 unspecified atom stereocenters. The summed E-state index contributed by atoms with van der Waals surface area (Å²) in [5.41, 5.74) is 5.62. The highest BCUT2D eigenvalue weighted by Gasteiger charge is 2.21. The molecule has 8 heteroatoms. The van der Waals surface area contributed by atoms with Crippen LogP contribution in [-0.4, -0.2) is 29.3 Å². The maximum absolute atomic E-state index is 14.0. The molecule has 0 aliphatic rings. The van der Waals surface area contributed by atoms with Crippen LogP contribution in [0, 0.1) is 12.7 Å². The van der Waals surface area contributed by atoms with Crippen LogP contribution in [0.15, 0.2) is 55.2 Å². The van der Waals surface area contributed by atoms with Crippen molar-refractivity contribution in [3.8, 4) is 11.3 Å². The number of benzene rings is 1. The third-order valence-corrected chi connectivity index (χ3v) is 4.89. The highest BCUT2D eigenvalue weighted by atomic mass is 19.1. The number of nitrogens with zero attached hydrogens (tertiary/aromatic N) is 5. The summed E-state index contributed by atoms with van der Waals surface area (Å²) < 4.78 is 16.0. The summed E-state index contributed by atoms with van der Waals surface area (Å²) in [4.78, 5) is 20.6. The fourth-order valence-electron chi connectivity index (χ4n) is 3.53. The van der Waals surface area contributed by atoms with E-state index in [1.54, 1.807) is 12.4 Å². The van der Waals surface area contributed by atoms with Gasteiger partial charge in [-0.2, -0.15) is 0 Å². The number of hydrogen-bond acceptors (Lipinski definition) is 5. The zero-order valence-corrected chi connectivity index (χ0v) is 15.9. The van der Waals surface area contributed by atoms with Crippen LogP contribution in [0.4, 0.5) is 10.2 Å². The summed E-state index contributed by atoms with van der Waals surface area (Å²) >= 11 is 0. The SMILES string of the molecule is Cc1ccn2c(-c3cccc(F)c3)c(C(C)Nc3ncnc4[nH]cnc34)nc2c1. The van der Waals surface area contributed by atoms with Crippen molar-refractivity contribution in [3.05, 3.63) is 72.3 Å². The summed E-state index contributed by atoms with van der Waals surface area (Å²) in [5, 5.41) is 3.38. The van der Waals surface area contributed by atoms with E-state index >= 15 is 0 Å². The van der Waals surface area contributed by atoms with Gasteiger partial charge in [0, 0.05) is 11.8 Å². The van der Waals surface area contributed by atoms with Crippen LogP contribution in [0.3, 0.4) is 0 Å². The van der Waals surface area contributed by atoms with Crippen molar-refractivity contribution in [1.82, 2.24) is 29.3 Å². The fourth-order valence-corrected chi connectivity index (χ4v) is 3.53. The lowest BCUT2D eigenvalue weighted by Crippen LogP contribution is -2.10. The number of aromatic nitrogens is 6. The van der Waals surface area contributed by atoms with Crippen molar-refractivity contribution >= 4 is 22.6 Å². The fraction of sp³-hybridized carbons (Fsp3) is 0.143. The largest absolute Gasteiger partial charge is 0.360 e. The van der Waals surface area contributed by atoms with Gasteiger partial charge in [-0.15, -0.1) is 0 Å². The van der Waals surface area contributed by atoms with Gasteiger partial charge in [-0.05, 0) is 43.7 Å². The molecule has 0 saturated carbocycles. The zero-order chi connectivity index (χ0) is 20.0. The lowest BCUT2D eigenvalue weighted by molar-refractivity contribution is 0.628. The van der Waals surface area contributed by atoms with Crippen LogP contribution < -0.4 is 5.32 Å². The molecule has 4 aromatic heterocycles. The second-order valence-electron chi connectivity index (χ2n) is 6.98. The van der Waals surface area contributed by atoms with Gasteiger partial charge in [0.1, 0.15) is 23.3 Å². The number of pyridine rings is 1. The highest BCUT2D eigenvalue weighted by Crippen LogP contribution is 2.32. The molecule has 1 atom stereocenters. The Morgan fingerprint density at radius 2 is 2.03 bits per heavy atom. The maximum Gasteiger partial charge on any atom is 0.162 e. The number of imidazole rings is 2. The Labute approximate surface area is 165 Å². The molecule has 0 fully saturated rings. The van der Waals surface area contributed by atoms with Crippen molar-refractivity contribution in [2.24, 2.45) is 0 Å². The molecule has 2 N–H and O–H groups in total. The molecule has 0 aliphatic carbocycles. The average Bonchev–Trinajstić information content (AvgIpc) is 3.32. The molecule has 144 valence electrons. The van der Waals surface area contributed by atoms with E-state index in [0.29, 0.717) is 17.0 Å². The minimum absolute atomic E-state index is 0.205. The number of hydrogen-bond donors (Lipinski definition) is 2. The number of anilines is 1. The lowest BCUT2D eigenvalue weighted by atomic mass is 10.1. The Balaban J connectivity index is 1.65. The Kier molecular flexibility index (Phi) is 3.97. The third-order valence-electron chi connectivity index (χ3n) is 4.89. The van der Waals surface area contributed by atoms with Gasteiger partial charge in [-0.1, -0.05) is 12.1 Å². The topological polar surface area (TPSA) is 83.8 Å². The first-order valence-electron chi connectivity index (χ1n) is 9.25. The summed E-state index contributed by atoms with van der Waals surface area (Å²) in [6.45, 7) is 4.02. The Bertz CT molecular complexity index is 1340. The minimum atomic E-state index is -0.287. The molecule has 0 radical (unpaired) electrons. The van der Waals surface area contributed by atoms with Crippen molar-refractivity contribution < 1.29 is 4.39 Å². The molecule has 0 aliphatic heterocycles. The van der Waals surface area contributed by atoms with Crippen molar-refractivity contribution in [1.29, 1.82) is 0 Å². The molecular weight excluding hydrogens is 369 g/mol. The smallest absolute Gasteiger partial charge is 0.162 e. The van der Waals surface area contributed by atoms with Gasteiger partial charge < -0.3 is 10.3 Å².